The Balaban J connectivity index is 2.11. The molecule has 0 radical (unpaired) electrons. The van der Waals surface area contributed by atoms with Crippen LogP contribution in [0.25, 0.3) is 0 Å². The van der Waals surface area contributed by atoms with Crippen LogP contribution < -0.4 is 5.32 Å². The number of amides is 1. The lowest BCUT2D eigenvalue weighted by Crippen LogP contribution is -2.27. The number of aromatic carboxylic acids is 1. The Hall–Kier alpha value is -2.89. The first kappa shape index (κ1) is 19.4. The number of carbonyl (C=O) groups is 2. The number of aryl methyl sites for hydroxylation is 2. The van der Waals surface area contributed by atoms with E-state index in [0.29, 0.717) is 24.1 Å². The van der Waals surface area contributed by atoms with E-state index in [1.165, 1.54) is 18.2 Å². The highest BCUT2D eigenvalue weighted by Crippen LogP contribution is 2.19. The van der Waals surface area contributed by atoms with Crippen LogP contribution in [0, 0.1) is 5.82 Å². The summed E-state index contributed by atoms with van der Waals surface area (Å²) in [4.78, 5) is 23.4. The average molecular weight is 359 g/mol. The number of carboxylic acid groups (broad SMARTS) is 1. The van der Waals surface area contributed by atoms with Gasteiger partial charge >= 0.3 is 12.1 Å². The third-order valence-electron chi connectivity index (χ3n) is 3.58. The summed E-state index contributed by atoms with van der Waals surface area (Å²) in [5.41, 5.74) is 1.37. The molecule has 0 unspecified atom stereocenters. The fraction of sp³-hybridized carbons (Fsp3) is 0.300. The van der Waals surface area contributed by atoms with E-state index in [9.17, 15) is 19.1 Å². The summed E-state index contributed by atoms with van der Waals surface area (Å²) in [7, 11) is 0. The summed E-state index contributed by atoms with van der Waals surface area (Å²) in [6.07, 6.45) is 0.423. The number of hydrogen-bond donors (Lipinski definition) is 2. The number of carbonyl (C=O) groups excluding carboxylic acids is 1. The number of benzene rings is 2. The van der Waals surface area contributed by atoms with Crippen LogP contribution in [-0.2, 0) is 17.6 Å². The molecule has 1 amide bonds. The van der Waals surface area contributed by atoms with E-state index in [2.05, 4.69) is 5.32 Å². The lowest BCUT2D eigenvalue weighted by atomic mass is 9.99. The van der Waals surface area contributed by atoms with Crippen molar-refractivity contribution in [1.82, 2.24) is 0 Å². The van der Waals surface area contributed by atoms with Gasteiger partial charge in [-0.15, -0.1) is 0 Å². The van der Waals surface area contributed by atoms with E-state index in [1.807, 2.05) is 0 Å². The topological polar surface area (TPSA) is 75.6 Å². The molecule has 138 valence electrons. The Morgan fingerprint density at radius 2 is 1.73 bits per heavy atom. The molecule has 26 heavy (non-hydrogen) atoms. The quantitative estimate of drug-likeness (QED) is 0.814. The van der Waals surface area contributed by atoms with Crippen molar-refractivity contribution in [1.29, 1.82) is 0 Å². The molecule has 2 rings (SSSR count). The molecule has 0 saturated heterocycles. The second-order valence-corrected chi connectivity index (χ2v) is 6.93. The van der Waals surface area contributed by atoms with Crippen LogP contribution in [0.15, 0.2) is 42.5 Å². The number of carboxylic acids is 1. The molecule has 6 heteroatoms. The van der Waals surface area contributed by atoms with Gasteiger partial charge in [-0.2, -0.15) is 0 Å². The second kappa shape index (κ2) is 7.99. The molecule has 0 atom stereocenters. The lowest BCUT2D eigenvalue weighted by molar-refractivity contribution is 0.0632. The molecule has 0 bridgehead atoms. The summed E-state index contributed by atoms with van der Waals surface area (Å²) >= 11 is 0. The van der Waals surface area contributed by atoms with Crippen LogP contribution in [0.2, 0.25) is 0 Å². The highest BCUT2D eigenvalue weighted by molar-refractivity contribution is 5.93. The van der Waals surface area contributed by atoms with Crippen LogP contribution in [0.5, 0.6) is 0 Å². The fourth-order valence-electron chi connectivity index (χ4n) is 2.42. The molecule has 0 saturated carbocycles. The molecule has 5 nitrogen and oxygen atoms in total. The largest absolute Gasteiger partial charge is 0.478 e. The number of nitrogens with one attached hydrogen (secondary N) is 1. The first-order valence-corrected chi connectivity index (χ1v) is 8.25. The van der Waals surface area contributed by atoms with E-state index >= 15 is 0 Å². The minimum atomic E-state index is -1.08. The van der Waals surface area contributed by atoms with Crippen molar-refractivity contribution in [2.24, 2.45) is 0 Å². The highest BCUT2D eigenvalue weighted by Gasteiger charge is 2.17. The average Bonchev–Trinajstić information content (AvgIpc) is 2.53. The van der Waals surface area contributed by atoms with E-state index in [-0.39, 0.29) is 11.4 Å². The standard InChI is InChI=1S/C20H22FNO4/c1-20(2,3)26-19(25)22-16-11-8-14(17(12-16)18(23)24)7-4-13-5-9-15(21)10-6-13/h5-6,8-12H,4,7H2,1-3H3,(H,22,25)(H,23,24). The number of halogens is 1. The SMILES string of the molecule is CC(C)(C)OC(=O)Nc1ccc(CCc2ccc(F)cc2)c(C(=O)O)c1. The molecule has 0 aliphatic heterocycles. The van der Waals surface area contributed by atoms with E-state index in [0.717, 1.165) is 5.56 Å². The summed E-state index contributed by atoms with van der Waals surface area (Å²) in [5, 5.41) is 12.0. The maximum absolute atomic E-state index is 12.9. The van der Waals surface area contributed by atoms with Gasteiger partial charge in [0, 0.05) is 5.69 Å². The van der Waals surface area contributed by atoms with Gasteiger partial charge in [0.2, 0.25) is 0 Å². The van der Waals surface area contributed by atoms with Gasteiger partial charge in [-0.3, -0.25) is 5.32 Å². The summed E-state index contributed by atoms with van der Waals surface area (Å²) in [6, 6.07) is 10.8. The van der Waals surface area contributed by atoms with Crippen LogP contribution in [0.4, 0.5) is 14.9 Å². The van der Waals surface area contributed by atoms with E-state index in [4.69, 9.17) is 4.74 Å². The third kappa shape index (κ3) is 5.88. The number of ether oxygens (including phenoxy) is 1. The van der Waals surface area contributed by atoms with Crippen LogP contribution in [0.1, 0.15) is 42.3 Å². The molecule has 2 N–H and O–H groups in total. The van der Waals surface area contributed by atoms with Crippen molar-refractivity contribution in [3.8, 4) is 0 Å². The lowest BCUT2D eigenvalue weighted by Gasteiger charge is -2.20. The van der Waals surface area contributed by atoms with Crippen molar-refractivity contribution >= 4 is 17.7 Å². The highest BCUT2D eigenvalue weighted by atomic mass is 19.1. The van der Waals surface area contributed by atoms with Gasteiger partial charge < -0.3 is 9.84 Å². The molecule has 0 aliphatic carbocycles. The Kier molecular flexibility index (Phi) is 5.97. The Bertz CT molecular complexity index is 794. The Labute approximate surface area is 151 Å². The number of hydrogen-bond acceptors (Lipinski definition) is 3. The minimum Gasteiger partial charge on any atom is -0.478 e. The van der Waals surface area contributed by atoms with Crippen molar-refractivity contribution in [2.45, 2.75) is 39.2 Å². The minimum absolute atomic E-state index is 0.112. The Morgan fingerprint density at radius 3 is 2.31 bits per heavy atom. The van der Waals surface area contributed by atoms with Crippen molar-refractivity contribution < 1.29 is 23.8 Å². The molecule has 2 aromatic carbocycles. The second-order valence-electron chi connectivity index (χ2n) is 6.93. The monoisotopic (exact) mass is 359 g/mol. The first-order valence-electron chi connectivity index (χ1n) is 8.25. The summed E-state index contributed by atoms with van der Waals surface area (Å²) < 4.78 is 18.1. The summed E-state index contributed by atoms with van der Waals surface area (Å²) in [6.45, 7) is 5.23. The van der Waals surface area contributed by atoms with Crippen molar-refractivity contribution in [3.63, 3.8) is 0 Å². The normalized spacial score (nSPS) is 11.1. The molecular formula is C20H22FNO4. The predicted octanol–water partition coefficient (Wildman–Crippen LogP) is 4.66. The van der Waals surface area contributed by atoms with Gasteiger partial charge in [-0.1, -0.05) is 18.2 Å². The zero-order valence-electron chi connectivity index (χ0n) is 15.0. The molecule has 0 aromatic heterocycles. The van der Waals surface area contributed by atoms with Gasteiger partial charge in [0.1, 0.15) is 11.4 Å². The molecule has 2 aromatic rings. The zero-order chi connectivity index (χ0) is 19.3. The smallest absolute Gasteiger partial charge is 0.412 e. The van der Waals surface area contributed by atoms with Gasteiger partial charge in [0.25, 0.3) is 0 Å². The Morgan fingerprint density at radius 1 is 1.08 bits per heavy atom. The van der Waals surface area contributed by atoms with Gasteiger partial charge in [0.05, 0.1) is 5.56 Å². The van der Waals surface area contributed by atoms with Gasteiger partial charge in [-0.05, 0) is 69.0 Å². The molecule has 0 spiro atoms. The van der Waals surface area contributed by atoms with Gasteiger partial charge in [0.15, 0.2) is 0 Å². The predicted molar refractivity (Wildman–Crippen MR) is 97.1 cm³/mol. The maximum Gasteiger partial charge on any atom is 0.412 e. The fourth-order valence-corrected chi connectivity index (χ4v) is 2.42. The molecule has 0 heterocycles. The zero-order valence-corrected chi connectivity index (χ0v) is 15.0. The first-order chi connectivity index (χ1) is 12.1. The van der Waals surface area contributed by atoms with E-state index in [1.54, 1.807) is 45.0 Å². The molecule has 0 aliphatic rings. The van der Waals surface area contributed by atoms with E-state index < -0.39 is 17.7 Å². The molecular weight excluding hydrogens is 337 g/mol. The molecule has 0 fully saturated rings. The number of anilines is 1. The summed E-state index contributed by atoms with van der Waals surface area (Å²) in [5.74, 6) is -1.38. The van der Waals surface area contributed by atoms with Crippen LogP contribution in [0.3, 0.4) is 0 Å². The van der Waals surface area contributed by atoms with Gasteiger partial charge in [-0.25, -0.2) is 14.0 Å². The van der Waals surface area contributed by atoms with Crippen LogP contribution >= 0.6 is 0 Å². The maximum atomic E-state index is 12.9. The van der Waals surface area contributed by atoms with Crippen LogP contribution in [-0.4, -0.2) is 22.8 Å². The third-order valence-corrected chi connectivity index (χ3v) is 3.58. The number of rotatable bonds is 5. The van der Waals surface area contributed by atoms with Crippen molar-refractivity contribution in [3.05, 3.63) is 65.0 Å². The van der Waals surface area contributed by atoms with Crippen molar-refractivity contribution in [2.75, 3.05) is 5.32 Å².